The quantitative estimate of drug-likeness (QED) is 0.819. The van der Waals surface area contributed by atoms with Crippen LogP contribution < -0.4 is 0 Å². The molecule has 0 radical (unpaired) electrons. The molecule has 0 spiro atoms. The van der Waals surface area contributed by atoms with Crippen LogP contribution >= 0.6 is 11.6 Å². The maximum Gasteiger partial charge on any atom is 0.161 e. The highest BCUT2D eigenvalue weighted by Crippen LogP contribution is 2.12. The number of hydrogen-bond acceptors (Lipinski definition) is 3. The minimum atomic E-state index is -0.00231. The molecule has 0 aliphatic rings. The largest absolute Gasteiger partial charge is 0.396 e. The van der Waals surface area contributed by atoms with Gasteiger partial charge in [0.1, 0.15) is 0 Å². The van der Waals surface area contributed by atoms with Gasteiger partial charge in [0, 0.05) is 24.1 Å². The number of carbonyl (C=O) groups is 1. The molecule has 4 heteroatoms. The molecule has 126 valence electrons. The number of carbonyl (C=O) groups excluding carboxylic acids is 1. The molecule has 0 amide bonds. The summed E-state index contributed by atoms with van der Waals surface area (Å²) in [6.45, 7) is 9.58. The number of pyridine rings is 1. The summed E-state index contributed by atoms with van der Waals surface area (Å²) in [5.74, 6) is -0.00231. The zero-order chi connectivity index (χ0) is 17.8. The van der Waals surface area contributed by atoms with Crippen molar-refractivity contribution in [2.75, 3.05) is 6.61 Å². The Hall–Kier alpha value is -1.71. The summed E-state index contributed by atoms with van der Waals surface area (Å²) in [5.41, 5.74) is 3.79. The molecule has 0 fully saturated rings. The number of ketones is 1. The fourth-order valence-corrected chi connectivity index (χ4v) is 1.91. The summed E-state index contributed by atoms with van der Waals surface area (Å²) < 4.78 is 0. The summed E-state index contributed by atoms with van der Waals surface area (Å²) >= 11 is 5.65. The second kappa shape index (κ2) is 11.8. The van der Waals surface area contributed by atoms with Gasteiger partial charge >= 0.3 is 0 Å². The molecule has 23 heavy (non-hydrogen) atoms. The number of aryl methyl sites for hydroxylation is 2. The van der Waals surface area contributed by atoms with Crippen molar-refractivity contribution in [2.45, 2.75) is 41.0 Å². The van der Waals surface area contributed by atoms with Crippen molar-refractivity contribution < 1.29 is 9.90 Å². The van der Waals surface area contributed by atoms with Crippen LogP contribution in [0.3, 0.4) is 0 Å². The molecule has 0 bridgehead atoms. The Labute approximate surface area is 144 Å². The van der Waals surface area contributed by atoms with Crippen LogP contribution in [0.25, 0.3) is 0 Å². The Balaban J connectivity index is 0.000000381. The zero-order valence-corrected chi connectivity index (χ0v) is 15.3. The maximum absolute atomic E-state index is 10.9. The lowest BCUT2D eigenvalue weighted by Gasteiger charge is -1.99. The number of aliphatic hydroxyl groups excluding tert-OH is 1. The first-order chi connectivity index (χ1) is 10.9. The van der Waals surface area contributed by atoms with Crippen molar-refractivity contribution >= 4 is 17.4 Å². The third kappa shape index (κ3) is 8.48. The minimum Gasteiger partial charge on any atom is -0.396 e. The number of benzene rings is 1. The van der Waals surface area contributed by atoms with Crippen molar-refractivity contribution in [3.63, 3.8) is 0 Å². The summed E-state index contributed by atoms with van der Waals surface area (Å²) in [5, 5.41) is 9.09. The molecule has 0 aliphatic heterocycles. The van der Waals surface area contributed by atoms with E-state index in [9.17, 15) is 4.79 Å². The fraction of sp³-hybridized carbons (Fsp3) is 0.368. The Bertz CT molecular complexity index is 595. The first-order valence-corrected chi connectivity index (χ1v) is 8.11. The van der Waals surface area contributed by atoms with E-state index in [1.165, 1.54) is 24.2 Å². The predicted molar refractivity (Wildman–Crippen MR) is 97.3 cm³/mol. The fourth-order valence-electron chi connectivity index (χ4n) is 1.75. The summed E-state index contributed by atoms with van der Waals surface area (Å²) in [6, 6.07) is 9.85. The van der Waals surface area contributed by atoms with Crippen molar-refractivity contribution in [2.24, 2.45) is 0 Å². The second-order valence-corrected chi connectivity index (χ2v) is 5.24. The Morgan fingerprint density at radius 2 is 1.74 bits per heavy atom. The lowest BCUT2D eigenvalue weighted by molar-refractivity contribution is 0.101. The molecule has 1 aromatic carbocycles. The summed E-state index contributed by atoms with van der Waals surface area (Å²) in [4.78, 5) is 14.9. The van der Waals surface area contributed by atoms with Gasteiger partial charge in [-0.15, -0.1) is 0 Å². The summed E-state index contributed by atoms with van der Waals surface area (Å²) in [6.07, 6.45) is 2.30. The smallest absolute Gasteiger partial charge is 0.161 e. The highest BCUT2D eigenvalue weighted by Gasteiger charge is 2.04. The van der Waals surface area contributed by atoms with Crippen LogP contribution in [0.4, 0.5) is 0 Å². The van der Waals surface area contributed by atoms with Crippen molar-refractivity contribution in [1.29, 1.82) is 0 Å². The van der Waals surface area contributed by atoms with Gasteiger partial charge in [-0.1, -0.05) is 55.3 Å². The second-order valence-electron chi connectivity index (χ2n) is 4.80. The standard InChI is InChI=1S/C9H12O.C8H8ClNO.C2H6/c1-8-2-4-9(5-3-8)6-7-10;1-5-8(6(2)11)3-7(9)4-10-5;1-2/h2-5,10H,6-7H2,1H3;3-4H,1-2H3;1-2H3. The number of nitrogens with zero attached hydrogens (tertiary/aromatic N) is 1. The number of halogens is 1. The highest BCUT2D eigenvalue weighted by atomic mass is 35.5. The lowest BCUT2D eigenvalue weighted by atomic mass is 10.1. The third-order valence-corrected chi connectivity index (χ3v) is 3.16. The molecule has 0 aliphatic carbocycles. The van der Waals surface area contributed by atoms with E-state index in [0.717, 1.165) is 12.1 Å². The lowest BCUT2D eigenvalue weighted by Crippen LogP contribution is -1.97. The molecular formula is C19H26ClNO2. The van der Waals surface area contributed by atoms with E-state index < -0.39 is 0 Å². The summed E-state index contributed by atoms with van der Waals surface area (Å²) in [7, 11) is 0. The molecule has 3 nitrogen and oxygen atoms in total. The first kappa shape index (κ1) is 21.3. The van der Waals surface area contributed by atoms with E-state index in [4.69, 9.17) is 16.7 Å². The highest BCUT2D eigenvalue weighted by molar-refractivity contribution is 6.30. The minimum absolute atomic E-state index is 0.00231. The number of hydrogen-bond donors (Lipinski definition) is 1. The topological polar surface area (TPSA) is 50.2 Å². The van der Waals surface area contributed by atoms with Crippen molar-refractivity contribution in [1.82, 2.24) is 4.98 Å². The van der Waals surface area contributed by atoms with Crippen molar-refractivity contribution in [3.8, 4) is 0 Å². The first-order valence-electron chi connectivity index (χ1n) is 7.73. The molecule has 1 heterocycles. The van der Waals surface area contributed by atoms with Gasteiger partial charge in [0.2, 0.25) is 0 Å². The van der Waals surface area contributed by atoms with Crippen LogP contribution in [0.1, 0.15) is 48.0 Å². The van der Waals surface area contributed by atoms with Gasteiger partial charge in [-0.3, -0.25) is 9.78 Å². The van der Waals surface area contributed by atoms with Crippen LogP contribution in [0, 0.1) is 13.8 Å². The van der Waals surface area contributed by atoms with E-state index >= 15 is 0 Å². The van der Waals surface area contributed by atoms with E-state index in [-0.39, 0.29) is 12.4 Å². The van der Waals surface area contributed by atoms with Gasteiger partial charge in [0.05, 0.1) is 5.02 Å². The normalized spacial score (nSPS) is 9.17. The molecule has 0 atom stereocenters. The number of aromatic nitrogens is 1. The number of Topliss-reactive ketones (excluding diaryl/α,β-unsaturated/α-hetero) is 1. The molecule has 0 saturated heterocycles. The molecule has 0 saturated carbocycles. The van der Waals surface area contributed by atoms with Crippen LogP contribution in [0.15, 0.2) is 36.5 Å². The number of rotatable bonds is 3. The molecule has 1 aromatic heterocycles. The van der Waals surface area contributed by atoms with Crippen LogP contribution in [0.2, 0.25) is 5.02 Å². The Morgan fingerprint density at radius 1 is 1.17 bits per heavy atom. The van der Waals surface area contributed by atoms with Gasteiger partial charge in [-0.05, 0) is 38.8 Å². The molecule has 2 rings (SSSR count). The third-order valence-electron chi connectivity index (χ3n) is 2.95. The average Bonchev–Trinajstić information content (AvgIpc) is 2.54. The van der Waals surface area contributed by atoms with Crippen LogP contribution in [-0.4, -0.2) is 22.5 Å². The molecular weight excluding hydrogens is 310 g/mol. The van der Waals surface area contributed by atoms with Gasteiger partial charge in [0.25, 0.3) is 0 Å². The maximum atomic E-state index is 10.9. The van der Waals surface area contributed by atoms with Gasteiger partial charge in [0.15, 0.2) is 5.78 Å². The van der Waals surface area contributed by atoms with Gasteiger partial charge < -0.3 is 5.11 Å². The van der Waals surface area contributed by atoms with E-state index in [2.05, 4.69) is 24.0 Å². The SMILES string of the molecule is CC.CC(=O)c1cc(Cl)cnc1C.Cc1ccc(CCO)cc1. The average molecular weight is 336 g/mol. The van der Waals surface area contributed by atoms with Gasteiger partial charge in [-0.25, -0.2) is 0 Å². The number of aliphatic hydroxyl groups is 1. The van der Waals surface area contributed by atoms with E-state index in [1.54, 1.807) is 13.0 Å². The van der Waals surface area contributed by atoms with E-state index in [0.29, 0.717) is 10.6 Å². The monoisotopic (exact) mass is 335 g/mol. The van der Waals surface area contributed by atoms with Crippen LogP contribution in [-0.2, 0) is 6.42 Å². The molecule has 2 aromatic rings. The van der Waals surface area contributed by atoms with E-state index in [1.807, 2.05) is 26.0 Å². The molecule has 0 unspecified atom stereocenters. The Morgan fingerprint density at radius 3 is 2.17 bits per heavy atom. The Kier molecular flexibility index (Phi) is 10.9. The van der Waals surface area contributed by atoms with Crippen LogP contribution in [0.5, 0.6) is 0 Å². The van der Waals surface area contributed by atoms with Crippen molar-refractivity contribution in [3.05, 3.63) is 63.9 Å². The van der Waals surface area contributed by atoms with Gasteiger partial charge in [-0.2, -0.15) is 0 Å². The zero-order valence-electron chi connectivity index (χ0n) is 14.6. The molecule has 1 N–H and O–H groups in total. The predicted octanol–water partition coefficient (Wildman–Crippen LogP) is 4.80.